The molecule has 1 unspecified atom stereocenters. The van der Waals surface area contributed by atoms with E-state index >= 15 is 0 Å². The summed E-state index contributed by atoms with van der Waals surface area (Å²) in [7, 11) is 0. The van der Waals surface area contributed by atoms with E-state index in [4.69, 9.17) is 4.74 Å². The molecule has 0 N–H and O–H groups in total. The number of rotatable bonds is 8. The highest BCUT2D eigenvalue weighted by molar-refractivity contribution is 5.25. The van der Waals surface area contributed by atoms with Crippen LogP contribution in [0, 0.1) is 52.3 Å². The normalized spacial score (nSPS) is 42.4. The highest BCUT2D eigenvalue weighted by Crippen LogP contribution is 2.67. The van der Waals surface area contributed by atoms with Gasteiger partial charge in [0.1, 0.15) is 0 Å². The van der Waals surface area contributed by atoms with Crippen molar-refractivity contribution >= 4 is 0 Å². The summed E-state index contributed by atoms with van der Waals surface area (Å²) in [6.07, 6.45) is 18.7. The summed E-state index contributed by atoms with van der Waals surface area (Å²) in [6, 6.07) is 0. The van der Waals surface area contributed by atoms with Crippen LogP contribution in [-0.4, -0.2) is 12.7 Å². The number of hydrogen-bond acceptors (Lipinski definition) is 1. The van der Waals surface area contributed by atoms with Gasteiger partial charge in [0, 0.05) is 6.61 Å². The zero-order valence-electron chi connectivity index (χ0n) is 22.6. The van der Waals surface area contributed by atoms with E-state index in [0.717, 1.165) is 42.1 Å². The molecule has 0 amide bonds. The van der Waals surface area contributed by atoms with Gasteiger partial charge in [0.15, 0.2) is 0 Å². The Morgan fingerprint density at radius 1 is 0.906 bits per heavy atom. The van der Waals surface area contributed by atoms with Crippen LogP contribution in [0.15, 0.2) is 11.6 Å². The first-order valence-electron chi connectivity index (χ1n) is 14.5. The average molecular weight is 443 g/mol. The molecule has 184 valence electrons. The molecule has 0 bridgehead atoms. The van der Waals surface area contributed by atoms with Gasteiger partial charge in [-0.2, -0.15) is 0 Å². The fourth-order valence-corrected chi connectivity index (χ4v) is 9.12. The SMILES string of the molecule is CC(C)CCC[C@@H](C)[C@H]1CC[C@H]2[C@@H]3CC=C4CC(OCC(C)C)CC[C@]4(C)[C@H]3CC[C@]12C. The Labute approximate surface area is 200 Å². The number of fused-ring (bicyclic) bond motifs is 5. The summed E-state index contributed by atoms with van der Waals surface area (Å²) in [6.45, 7) is 18.2. The summed E-state index contributed by atoms with van der Waals surface area (Å²) < 4.78 is 6.31. The van der Waals surface area contributed by atoms with Gasteiger partial charge < -0.3 is 4.74 Å². The monoisotopic (exact) mass is 442 g/mol. The van der Waals surface area contributed by atoms with Crippen molar-refractivity contribution in [2.45, 2.75) is 125 Å². The van der Waals surface area contributed by atoms with Gasteiger partial charge in [-0.25, -0.2) is 0 Å². The van der Waals surface area contributed by atoms with Crippen molar-refractivity contribution in [3.05, 3.63) is 11.6 Å². The summed E-state index contributed by atoms with van der Waals surface area (Å²) in [5.74, 6) is 6.25. The van der Waals surface area contributed by atoms with Gasteiger partial charge in [-0.05, 0) is 104 Å². The van der Waals surface area contributed by atoms with E-state index in [1.807, 2.05) is 0 Å². The van der Waals surface area contributed by atoms with Crippen LogP contribution >= 0.6 is 0 Å². The van der Waals surface area contributed by atoms with E-state index in [9.17, 15) is 0 Å². The second-order valence-corrected chi connectivity index (χ2v) is 13.9. The van der Waals surface area contributed by atoms with E-state index in [0.29, 0.717) is 22.9 Å². The molecule has 3 saturated carbocycles. The van der Waals surface area contributed by atoms with Crippen LogP contribution in [0.2, 0.25) is 0 Å². The molecular formula is C31H54O. The Balaban J connectivity index is 1.44. The number of hydrogen-bond donors (Lipinski definition) is 0. The van der Waals surface area contributed by atoms with Gasteiger partial charge in [0.2, 0.25) is 0 Å². The van der Waals surface area contributed by atoms with Gasteiger partial charge in [-0.15, -0.1) is 0 Å². The first-order chi connectivity index (χ1) is 15.1. The van der Waals surface area contributed by atoms with Crippen LogP contribution in [0.3, 0.4) is 0 Å². The Hall–Kier alpha value is -0.300. The van der Waals surface area contributed by atoms with E-state index in [2.05, 4.69) is 54.5 Å². The summed E-state index contributed by atoms with van der Waals surface area (Å²) in [4.78, 5) is 0. The lowest BCUT2D eigenvalue weighted by Gasteiger charge is -2.58. The molecule has 0 aromatic rings. The molecule has 0 spiro atoms. The van der Waals surface area contributed by atoms with Crippen LogP contribution in [0.4, 0.5) is 0 Å². The third-order valence-corrected chi connectivity index (χ3v) is 10.9. The Kier molecular flexibility index (Phi) is 7.56. The predicted molar refractivity (Wildman–Crippen MR) is 138 cm³/mol. The minimum Gasteiger partial charge on any atom is -0.378 e. The topological polar surface area (TPSA) is 9.23 Å². The minimum atomic E-state index is 0.461. The van der Waals surface area contributed by atoms with Crippen LogP contribution in [0.5, 0.6) is 0 Å². The zero-order chi connectivity index (χ0) is 23.1. The van der Waals surface area contributed by atoms with Crippen LogP contribution in [0.1, 0.15) is 119 Å². The maximum Gasteiger partial charge on any atom is 0.0612 e. The first kappa shape index (κ1) is 24.8. The predicted octanol–water partition coefficient (Wildman–Crippen LogP) is 9.07. The lowest BCUT2D eigenvalue weighted by atomic mass is 9.47. The average Bonchev–Trinajstić information content (AvgIpc) is 3.09. The van der Waals surface area contributed by atoms with Crippen molar-refractivity contribution < 1.29 is 4.74 Å². The maximum absolute atomic E-state index is 6.31. The molecule has 0 aromatic carbocycles. The van der Waals surface area contributed by atoms with Crippen LogP contribution in [0.25, 0.3) is 0 Å². The molecule has 0 saturated heterocycles. The standard InChI is InChI=1S/C31H54O/c1-21(2)9-8-10-23(5)27-13-14-28-26-12-11-24-19-25(32-20-22(3)4)15-17-30(24,6)29(26)16-18-31(27,28)7/h11,21-23,25-29H,8-10,12-20H2,1-7H3/t23-,25?,26+,27-,28+,29+,30+,31-/m1/s1. The van der Waals surface area contributed by atoms with E-state index in [-0.39, 0.29) is 0 Å². The fourth-order valence-electron chi connectivity index (χ4n) is 9.12. The molecule has 4 aliphatic carbocycles. The van der Waals surface area contributed by atoms with Gasteiger partial charge in [-0.3, -0.25) is 0 Å². The molecule has 4 rings (SSSR count). The summed E-state index contributed by atoms with van der Waals surface area (Å²) in [5, 5.41) is 0. The molecule has 3 fully saturated rings. The second-order valence-electron chi connectivity index (χ2n) is 13.9. The largest absolute Gasteiger partial charge is 0.378 e. The van der Waals surface area contributed by atoms with Crippen molar-refractivity contribution in [3.63, 3.8) is 0 Å². The molecule has 0 aromatic heterocycles. The number of allylic oxidation sites excluding steroid dienone is 1. The van der Waals surface area contributed by atoms with E-state index < -0.39 is 0 Å². The Bertz CT molecular complexity index is 661. The van der Waals surface area contributed by atoms with Crippen molar-refractivity contribution in [3.8, 4) is 0 Å². The molecule has 0 aliphatic heterocycles. The molecule has 1 heteroatoms. The lowest BCUT2D eigenvalue weighted by Crippen LogP contribution is -2.51. The summed E-state index contributed by atoms with van der Waals surface area (Å²) in [5.41, 5.74) is 2.85. The van der Waals surface area contributed by atoms with Gasteiger partial charge in [0.05, 0.1) is 6.10 Å². The van der Waals surface area contributed by atoms with Crippen molar-refractivity contribution in [2.75, 3.05) is 6.61 Å². The fraction of sp³-hybridized carbons (Fsp3) is 0.935. The lowest BCUT2D eigenvalue weighted by molar-refractivity contribution is -0.0656. The van der Waals surface area contributed by atoms with Crippen molar-refractivity contribution in [1.29, 1.82) is 0 Å². The smallest absolute Gasteiger partial charge is 0.0612 e. The highest BCUT2D eigenvalue weighted by atomic mass is 16.5. The Morgan fingerprint density at radius 3 is 2.41 bits per heavy atom. The van der Waals surface area contributed by atoms with Crippen molar-refractivity contribution in [1.82, 2.24) is 0 Å². The number of ether oxygens (including phenoxy) is 1. The highest BCUT2D eigenvalue weighted by Gasteiger charge is 2.59. The minimum absolute atomic E-state index is 0.461. The third-order valence-electron chi connectivity index (χ3n) is 10.9. The molecule has 0 radical (unpaired) electrons. The van der Waals surface area contributed by atoms with Gasteiger partial charge in [-0.1, -0.05) is 79.4 Å². The van der Waals surface area contributed by atoms with Crippen LogP contribution in [-0.2, 0) is 4.74 Å². The van der Waals surface area contributed by atoms with Gasteiger partial charge >= 0.3 is 0 Å². The van der Waals surface area contributed by atoms with Gasteiger partial charge in [0.25, 0.3) is 0 Å². The molecule has 0 heterocycles. The van der Waals surface area contributed by atoms with Crippen LogP contribution < -0.4 is 0 Å². The summed E-state index contributed by atoms with van der Waals surface area (Å²) >= 11 is 0. The maximum atomic E-state index is 6.31. The molecule has 4 aliphatic rings. The molecule has 8 atom stereocenters. The zero-order valence-corrected chi connectivity index (χ0v) is 22.6. The second kappa shape index (κ2) is 9.75. The Morgan fingerprint density at radius 2 is 1.69 bits per heavy atom. The quantitative estimate of drug-likeness (QED) is 0.341. The third kappa shape index (κ3) is 4.63. The van der Waals surface area contributed by atoms with E-state index in [1.54, 1.807) is 5.57 Å². The molecule has 32 heavy (non-hydrogen) atoms. The molecular weight excluding hydrogens is 388 g/mol. The molecule has 1 nitrogen and oxygen atoms in total. The first-order valence-corrected chi connectivity index (χ1v) is 14.5. The van der Waals surface area contributed by atoms with Crippen molar-refractivity contribution in [2.24, 2.45) is 52.3 Å². The van der Waals surface area contributed by atoms with E-state index in [1.165, 1.54) is 70.6 Å².